The summed E-state index contributed by atoms with van der Waals surface area (Å²) >= 11 is 0. The van der Waals surface area contributed by atoms with Crippen molar-refractivity contribution in [2.24, 2.45) is 5.92 Å². The van der Waals surface area contributed by atoms with Gasteiger partial charge in [-0.25, -0.2) is 0 Å². The van der Waals surface area contributed by atoms with Crippen molar-refractivity contribution in [3.8, 4) is 5.75 Å². The van der Waals surface area contributed by atoms with Gasteiger partial charge in [-0.15, -0.1) is 0 Å². The third-order valence-electron chi connectivity index (χ3n) is 2.87. The maximum absolute atomic E-state index is 5.74. The molecule has 2 rings (SSSR count). The Morgan fingerprint density at radius 2 is 2.29 bits per heavy atom. The number of nitrogens with zero attached hydrogens (tertiary/aromatic N) is 1. The van der Waals surface area contributed by atoms with E-state index >= 15 is 0 Å². The fourth-order valence-electron chi connectivity index (χ4n) is 1.92. The Bertz CT molecular complexity index is 492. The van der Waals surface area contributed by atoms with E-state index in [1.165, 1.54) is 12.8 Å². The molecule has 17 heavy (non-hydrogen) atoms. The minimum absolute atomic E-state index is 0.583. The van der Waals surface area contributed by atoms with Crippen molar-refractivity contribution in [2.45, 2.75) is 26.7 Å². The van der Waals surface area contributed by atoms with Gasteiger partial charge in [0, 0.05) is 11.5 Å². The number of fused-ring (bicyclic) bond motifs is 1. The third-order valence-corrected chi connectivity index (χ3v) is 2.87. The fourth-order valence-corrected chi connectivity index (χ4v) is 1.92. The highest BCUT2D eigenvalue weighted by molar-refractivity contribution is 5.89. The van der Waals surface area contributed by atoms with Crippen LogP contribution in [-0.4, -0.2) is 16.8 Å². The molecule has 1 unspecified atom stereocenters. The number of aromatic amines is 1. The number of anilines is 1. The van der Waals surface area contributed by atoms with Crippen LogP contribution in [0.1, 0.15) is 26.7 Å². The SMILES string of the molecule is CCCC(C)COc1ccc2c(N)[nH]nc2c1. The zero-order valence-electron chi connectivity index (χ0n) is 10.4. The van der Waals surface area contributed by atoms with Gasteiger partial charge in [-0.1, -0.05) is 20.3 Å². The summed E-state index contributed by atoms with van der Waals surface area (Å²) in [7, 11) is 0. The average molecular weight is 233 g/mol. The molecule has 1 aromatic carbocycles. The van der Waals surface area contributed by atoms with Gasteiger partial charge in [-0.05, 0) is 24.5 Å². The molecule has 0 aliphatic carbocycles. The molecule has 4 nitrogen and oxygen atoms in total. The van der Waals surface area contributed by atoms with Crippen LogP contribution < -0.4 is 10.5 Å². The number of rotatable bonds is 5. The number of nitrogens with two attached hydrogens (primary N) is 1. The molecule has 3 N–H and O–H groups in total. The first-order valence-corrected chi connectivity index (χ1v) is 6.07. The lowest BCUT2D eigenvalue weighted by atomic mass is 10.1. The Hall–Kier alpha value is -1.71. The van der Waals surface area contributed by atoms with E-state index in [0.717, 1.165) is 23.3 Å². The van der Waals surface area contributed by atoms with Crippen LogP contribution in [0.2, 0.25) is 0 Å². The number of hydrogen-bond acceptors (Lipinski definition) is 3. The van der Waals surface area contributed by atoms with E-state index in [4.69, 9.17) is 10.5 Å². The highest BCUT2D eigenvalue weighted by Gasteiger charge is 2.05. The van der Waals surface area contributed by atoms with Crippen LogP contribution in [0, 0.1) is 5.92 Å². The van der Waals surface area contributed by atoms with Crippen molar-refractivity contribution < 1.29 is 4.74 Å². The molecule has 2 aromatic rings. The summed E-state index contributed by atoms with van der Waals surface area (Å²) in [5, 5.41) is 7.82. The van der Waals surface area contributed by atoms with Crippen molar-refractivity contribution in [1.82, 2.24) is 10.2 Å². The van der Waals surface area contributed by atoms with E-state index in [0.29, 0.717) is 11.7 Å². The highest BCUT2D eigenvalue weighted by atomic mass is 16.5. The van der Waals surface area contributed by atoms with Gasteiger partial charge in [0.05, 0.1) is 12.1 Å². The number of hydrogen-bond donors (Lipinski definition) is 2. The minimum atomic E-state index is 0.583. The maximum Gasteiger partial charge on any atom is 0.126 e. The number of nitrogen functional groups attached to an aromatic ring is 1. The lowest BCUT2D eigenvalue weighted by Crippen LogP contribution is -2.07. The van der Waals surface area contributed by atoms with Crippen LogP contribution in [0.15, 0.2) is 18.2 Å². The quantitative estimate of drug-likeness (QED) is 0.834. The van der Waals surface area contributed by atoms with Crippen LogP contribution in [0.5, 0.6) is 5.75 Å². The van der Waals surface area contributed by atoms with Crippen molar-refractivity contribution >= 4 is 16.7 Å². The molecule has 1 aromatic heterocycles. The van der Waals surface area contributed by atoms with E-state index in [1.807, 2.05) is 18.2 Å². The minimum Gasteiger partial charge on any atom is -0.493 e. The lowest BCUT2D eigenvalue weighted by Gasteiger charge is -2.11. The number of ether oxygens (including phenoxy) is 1. The first kappa shape index (κ1) is 11.8. The summed E-state index contributed by atoms with van der Waals surface area (Å²) in [6.07, 6.45) is 2.39. The first-order chi connectivity index (χ1) is 8.20. The molecular weight excluding hydrogens is 214 g/mol. The second-order valence-corrected chi connectivity index (χ2v) is 4.52. The van der Waals surface area contributed by atoms with Crippen LogP contribution in [0.3, 0.4) is 0 Å². The molecule has 0 bridgehead atoms. The molecule has 0 amide bonds. The molecule has 0 saturated carbocycles. The predicted octanol–water partition coefficient (Wildman–Crippen LogP) is 2.96. The predicted molar refractivity (Wildman–Crippen MR) is 70.1 cm³/mol. The highest BCUT2D eigenvalue weighted by Crippen LogP contribution is 2.23. The average Bonchev–Trinajstić information content (AvgIpc) is 2.69. The van der Waals surface area contributed by atoms with E-state index in [-0.39, 0.29) is 0 Å². The van der Waals surface area contributed by atoms with Gasteiger partial charge in [0.1, 0.15) is 11.6 Å². The van der Waals surface area contributed by atoms with Crippen LogP contribution >= 0.6 is 0 Å². The first-order valence-electron chi connectivity index (χ1n) is 6.07. The molecule has 1 atom stereocenters. The van der Waals surface area contributed by atoms with Gasteiger partial charge in [-0.2, -0.15) is 5.10 Å². The fraction of sp³-hybridized carbons (Fsp3) is 0.462. The Balaban J connectivity index is 2.04. The Morgan fingerprint density at radius 1 is 1.47 bits per heavy atom. The Kier molecular flexibility index (Phi) is 3.52. The molecule has 0 saturated heterocycles. The molecule has 4 heteroatoms. The standard InChI is InChI=1S/C13H19N3O/c1-3-4-9(2)8-17-10-5-6-11-12(7-10)15-16-13(11)14/h5-7,9H,3-4,8H2,1-2H3,(H3,14,15,16). The zero-order chi connectivity index (χ0) is 12.3. The summed E-state index contributed by atoms with van der Waals surface area (Å²) in [5.41, 5.74) is 6.58. The molecule has 0 aliphatic heterocycles. The molecule has 0 spiro atoms. The number of benzene rings is 1. The third kappa shape index (κ3) is 2.70. The van der Waals surface area contributed by atoms with Crippen molar-refractivity contribution in [3.05, 3.63) is 18.2 Å². The van der Waals surface area contributed by atoms with E-state index in [2.05, 4.69) is 24.0 Å². The van der Waals surface area contributed by atoms with E-state index in [9.17, 15) is 0 Å². The maximum atomic E-state index is 5.74. The van der Waals surface area contributed by atoms with Crippen molar-refractivity contribution in [3.63, 3.8) is 0 Å². The Labute approximate surface area is 101 Å². The molecule has 0 aliphatic rings. The summed E-state index contributed by atoms with van der Waals surface area (Å²) in [4.78, 5) is 0. The molecule has 0 radical (unpaired) electrons. The summed E-state index contributed by atoms with van der Waals surface area (Å²) in [5.74, 6) is 2.04. The normalized spacial score (nSPS) is 12.8. The second kappa shape index (κ2) is 5.08. The van der Waals surface area contributed by atoms with Crippen LogP contribution in [0.25, 0.3) is 10.9 Å². The smallest absolute Gasteiger partial charge is 0.126 e. The van der Waals surface area contributed by atoms with E-state index < -0.39 is 0 Å². The van der Waals surface area contributed by atoms with E-state index in [1.54, 1.807) is 0 Å². The topological polar surface area (TPSA) is 63.9 Å². The summed E-state index contributed by atoms with van der Waals surface area (Å²) in [6.45, 7) is 5.14. The van der Waals surface area contributed by atoms with Crippen molar-refractivity contribution in [2.75, 3.05) is 12.3 Å². The van der Waals surface area contributed by atoms with Gasteiger partial charge in [0.15, 0.2) is 0 Å². The molecule has 92 valence electrons. The summed E-state index contributed by atoms with van der Waals surface area (Å²) < 4.78 is 5.74. The summed E-state index contributed by atoms with van der Waals surface area (Å²) in [6, 6.07) is 5.79. The number of aromatic nitrogens is 2. The molecule has 0 fully saturated rings. The molecular formula is C13H19N3O. The van der Waals surface area contributed by atoms with Gasteiger partial charge >= 0.3 is 0 Å². The van der Waals surface area contributed by atoms with Crippen LogP contribution in [0.4, 0.5) is 5.82 Å². The monoisotopic (exact) mass is 233 g/mol. The van der Waals surface area contributed by atoms with Gasteiger partial charge in [-0.3, -0.25) is 5.10 Å². The number of H-pyrrole nitrogens is 1. The molecule has 1 heterocycles. The van der Waals surface area contributed by atoms with Gasteiger partial charge in [0.25, 0.3) is 0 Å². The second-order valence-electron chi connectivity index (χ2n) is 4.52. The van der Waals surface area contributed by atoms with Crippen LogP contribution in [-0.2, 0) is 0 Å². The number of nitrogens with one attached hydrogen (secondary N) is 1. The van der Waals surface area contributed by atoms with Gasteiger partial charge < -0.3 is 10.5 Å². The zero-order valence-corrected chi connectivity index (χ0v) is 10.4. The van der Waals surface area contributed by atoms with Gasteiger partial charge in [0.2, 0.25) is 0 Å². The lowest BCUT2D eigenvalue weighted by molar-refractivity contribution is 0.252. The largest absolute Gasteiger partial charge is 0.493 e. The van der Waals surface area contributed by atoms with Crippen molar-refractivity contribution in [1.29, 1.82) is 0 Å². The Morgan fingerprint density at radius 3 is 3.06 bits per heavy atom.